The van der Waals surface area contributed by atoms with E-state index in [1.165, 1.54) is 0 Å². The number of urea groups is 1. The van der Waals surface area contributed by atoms with Crippen LogP contribution in [0.1, 0.15) is 31.7 Å². The summed E-state index contributed by atoms with van der Waals surface area (Å²) in [5.41, 5.74) is 0.662. The number of anilines is 1. The SMILES string of the molecule is O=C(Nc1ccccc1Cl)N1C2CCC1CC(n1nccn1)C2. The molecule has 0 spiro atoms. The summed E-state index contributed by atoms with van der Waals surface area (Å²) >= 11 is 6.13. The van der Waals surface area contributed by atoms with Crippen LogP contribution in [0.4, 0.5) is 10.5 Å². The molecular weight excluding hydrogens is 314 g/mol. The van der Waals surface area contributed by atoms with Crippen molar-refractivity contribution in [2.75, 3.05) is 5.32 Å². The molecule has 1 N–H and O–H groups in total. The Bertz CT molecular complexity index is 690. The predicted octanol–water partition coefficient (Wildman–Crippen LogP) is 3.33. The Morgan fingerprint density at radius 2 is 1.74 bits per heavy atom. The molecule has 120 valence electrons. The van der Waals surface area contributed by atoms with Gasteiger partial charge in [-0.2, -0.15) is 15.0 Å². The minimum Gasteiger partial charge on any atom is -0.318 e. The number of benzene rings is 1. The van der Waals surface area contributed by atoms with Crippen molar-refractivity contribution < 1.29 is 4.79 Å². The number of piperidine rings is 1. The molecule has 1 aromatic carbocycles. The van der Waals surface area contributed by atoms with Crippen LogP contribution < -0.4 is 5.32 Å². The smallest absolute Gasteiger partial charge is 0.318 e. The molecule has 2 saturated heterocycles. The Kier molecular flexibility index (Phi) is 3.69. The van der Waals surface area contributed by atoms with Crippen molar-refractivity contribution in [3.05, 3.63) is 41.7 Å². The van der Waals surface area contributed by atoms with E-state index in [1.807, 2.05) is 23.1 Å². The summed E-state index contributed by atoms with van der Waals surface area (Å²) in [5.74, 6) is 0. The van der Waals surface area contributed by atoms with Crippen LogP contribution in [0.3, 0.4) is 0 Å². The third kappa shape index (κ3) is 2.67. The van der Waals surface area contributed by atoms with Crippen LogP contribution in [0.15, 0.2) is 36.7 Å². The molecule has 2 atom stereocenters. The second kappa shape index (κ2) is 5.85. The fourth-order valence-corrected chi connectivity index (χ4v) is 4.01. The van der Waals surface area contributed by atoms with E-state index in [2.05, 4.69) is 15.5 Å². The third-order valence-electron chi connectivity index (χ3n) is 4.82. The highest BCUT2D eigenvalue weighted by Crippen LogP contribution is 2.40. The summed E-state index contributed by atoms with van der Waals surface area (Å²) in [5, 5.41) is 12.0. The lowest BCUT2D eigenvalue weighted by Crippen LogP contribution is -2.49. The van der Waals surface area contributed by atoms with Gasteiger partial charge < -0.3 is 10.2 Å². The molecule has 0 radical (unpaired) electrons. The molecule has 2 bridgehead atoms. The average Bonchev–Trinajstić information content (AvgIpc) is 3.16. The van der Waals surface area contributed by atoms with Gasteiger partial charge in [0.25, 0.3) is 0 Å². The molecular formula is C16H18ClN5O. The number of carbonyl (C=O) groups is 1. The number of hydrogen-bond acceptors (Lipinski definition) is 3. The molecule has 0 aliphatic carbocycles. The molecule has 2 fully saturated rings. The van der Waals surface area contributed by atoms with Crippen molar-refractivity contribution in [3.8, 4) is 0 Å². The van der Waals surface area contributed by atoms with Gasteiger partial charge in [0.2, 0.25) is 0 Å². The predicted molar refractivity (Wildman–Crippen MR) is 87.4 cm³/mol. The molecule has 4 rings (SSSR count). The minimum absolute atomic E-state index is 0.0579. The molecule has 23 heavy (non-hydrogen) atoms. The number of aromatic nitrogens is 3. The fourth-order valence-electron chi connectivity index (χ4n) is 3.83. The van der Waals surface area contributed by atoms with Gasteiger partial charge >= 0.3 is 6.03 Å². The van der Waals surface area contributed by atoms with Gasteiger partial charge in [0.05, 0.1) is 29.1 Å². The Morgan fingerprint density at radius 3 is 2.39 bits per heavy atom. The number of hydrogen-bond donors (Lipinski definition) is 1. The number of amides is 2. The standard InChI is InChI=1S/C16H18ClN5O/c17-14-3-1-2-4-15(14)20-16(23)21-11-5-6-12(21)10-13(9-11)22-18-7-8-19-22/h1-4,7-8,11-13H,5-6,9-10H2,(H,20,23). The number of halogens is 1. The number of carbonyl (C=O) groups excluding carboxylic acids is 1. The van der Waals surface area contributed by atoms with Crippen LogP contribution >= 0.6 is 11.6 Å². The van der Waals surface area contributed by atoms with E-state index in [0.29, 0.717) is 10.7 Å². The van der Waals surface area contributed by atoms with E-state index >= 15 is 0 Å². The van der Waals surface area contributed by atoms with Crippen molar-refractivity contribution in [1.29, 1.82) is 0 Å². The second-order valence-electron chi connectivity index (χ2n) is 6.18. The maximum absolute atomic E-state index is 12.7. The average molecular weight is 332 g/mol. The highest BCUT2D eigenvalue weighted by Gasteiger charge is 2.44. The molecule has 2 amide bonds. The fraction of sp³-hybridized carbons (Fsp3) is 0.438. The quantitative estimate of drug-likeness (QED) is 0.918. The second-order valence-corrected chi connectivity index (χ2v) is 6.58. The van der Waals surface area contributed by atoms with E-state index in [0.717, 1.165) is 25.7 Å². The molecule has 0 saturated carbocycles. The van der Waals surface area contributed by atoms with Crippen molar-refractivity contribution in [3.63, 3.8) is 0 Å². The number of nitrogens with zero attached hydrogens (tertiary/aromatic N) is 4. The largest absolute Gasteiger partial charge is 0.322 e. The number of nitrogens with one attached hydrogen (secondary N) is 1. The van der Waals surface area contributed by atoms with E-state index in [1.54, 1.807) is 23.3 Å². The number of fused-ring (bicyclic) bond motifs is 2. The van der Waals surface area contributed by atoms with Crippen LogP contribution in [0, 0.1) is 0 Å². The van der Waals surface area contributed by atoms with Gasteiger partial charge in [-0.1, -0.05) is 23.7 Å². The Hall–Kier alpha value is -2.08. The third-order valence-corrected chi connectivity index (χ3v) is 5.15. The summed E-state index contributed by atoms with van der Waals surface area (Å²) in [6.07, 6.45) is 7.30. The maximum atomic E-state index is 12.7. The Morgan fingerprint density at radius 1 is 1.09 bits per heavy atom. The summed E-state index contributed by atoms with van der Waals surface area (Å²) < 4.78 is 0. The Labute approximate surface area is 139 Å². The van der Waals surface area contributed by atoms with Gasteiger partial charge in [-0.25, -0.2) is 4.79 Å². The molecule has 6 nitrogen and oxygen atoms in total. The lowest BCUT2D eigenvalue weighted by Gasteiger charge is -2.38. The monoisotopic (exact) mass is 331 g/mol. The first-order valence-electron chi connectivity index (χ1n) is 7.92. The van der Waals surface area contributed by atoms with Gasteiger partial charge in [0.15, 0.2) is 0 Å². The first-order chi connectivity index (χ1) is 11.2. The highest BCUT2D eigenvalue weighted by molar-refractivity contribution is 6.33. The number of rotatable bonds is 2. The Balaban J connectivity index is 1.48. The normalized spacial score (nSPS) is 26.3. The van der Waals surface area contributed by atoms with E-state index in [4.69, 9.17) is 11.6 Å². The molecule has 2 aliphatic rings. The van der Waals surface area contributed by atoms with Crippen molar-refractivity contribution in [1.82, 2.24) is 19.9 Å². The summed E-state index contributed by atoms with van der Waals surface area (Å²) in [6.45, 7) is 0. The highest BCUT2D eigenvalue weighted by atomic mass is 35.5. The zero-order chi connectivity index (χ0) is 15.8. The van der Waals surface area contributed by atoms with Crippen molar-refractivity contribution >= 4 is 23.3 Å². The van der Waals surface area contributed by atoms with Gasteiger partial charge in [0.1, 0.15) is 0 Å². The van der Waals surface area contributed by atoms with Crippen LogP contribution in [0.5, 0.6) is 0 Å². The molecule has 2 aliphatic heterocycles. The van der Waals surface area contributed by atoms with Crippen LogP contribution in [-0.2, 0) is 0 Å². The lowest BCUT2D eigenvalue weighted by atomic mass is 9.98. The summed E-state index contributed by atoms with van der Waals surface area (Å²) in [4.78, 5) is 16.5. The van der Waals surface area contributed by atoms with Crippen LogP contribution in [0.25, 0.3) is 0 Å². The lowest BCUT2D eigenvalue weighted by molar-refractivity contribution is 0.124. The summed E-state index contributed by atoms with van der Waals surface area (Å²) in [6, 6.07) is 8.03. The maximum Gasteiger partial charge on any atom is 0.322 e. The molecule has 2 unspecified atom stereocenters. The molecule has 1 aromatic heterocycles. The zero-order valence-electron chi connectivity index (χ0n) is 12.6. The van der Waals surface area contributed by atoms with Crippen LogP contribution in [-0.4, -0.2) is 38.0 Å². The van der Waals surface area contributed by atoms with Crippen LogP contribution in [0.2, 0.25) is 5.02 Å². The van der Waals surface area contributed by atoms with Crippen molar-refractivity contribution in [2.45, 2.75) is 43.8 Å². The molecule has 3 heterocycles. The summed E-state index contributed by atoms with van der Waals surface area (Å²) in [7, 11) is 0. The topological polar surface area (TPSA) is 63.1 Å². The van der Waals surface area contributed by atoms with E-state index < -0.39 is 0 Å². The van der Waals surface area contributed by atoms with E-state index in [-0.39, 0.29) is 24.2 Å². The van der Waals surface area contributed by atoms with Crippen molar-refractivity contribution in [2.24, 2.45) is 0 Å². The van der Waals surface area contributed by atoms with Gasteiger partial charge in [-0.3, -0.25) is 0 Å². The first kappa shape index (κ1) is 14.5. The zero-order valence-corrected chi connectivity index (χ0v) is 13.4. The van der Waals surface area contributed by atoms with E-state index in [9.17, 15) is 4.79 Å². The van der Waals surface area contributed by atoms with Gasteiger partial charge in [0, 0.05) is 12.1 Å². The molecule has 7 heteroatoms. The molecule has 2 aromatic rings. The first-order valence-corrected chi connectivity index (χ1v) is 8.30. The minimum atomic E-state index is -0.0579. The number of para-hydroxylation sites is 1. The van der Waals surface area contributed by atoms with Gasteiger partial charge in [-0.05, 0) is 37.8 Å². The van der Waals surface area contributed by atoms with Gasteiger partial charge in [-0.15, -0.1) is 0 Å².